The minimum atomic E-state index is -0.485. The summed E-state index contributed by atoms with van der Waals surface area (Å²) in [6.45, 7) is 3.93. The van der Waals surface area contributed by atoms with E-state index in [1.807, 2.05) is 38.1 Å². The number of carbonyl (C=O) groups is 2. The van der Waals surface area contributed by atoms with Crippen LogP contribution >= 0.6 is 11.3 Å². The largest absolute Gasteiger partial charge is 0.497 e. The summed E-state index contributed by atoms with van der Waals surface area (Å²) in [7, 11) is 2.88. The molecule has 3 rings (SSSR count). The number of carbonyl (C=O) groups excluding carboxylic acids is 2. The number of hydrogen-bond acceptors (Lipinski definition) is 5. The Morgan fingerprint density at radius 1 is 1.00 bits per heavy atom. The Hall–Kier alpha value is -3.12. The number of anilines is 1. The lowest BCUT2D eigenvalue weighted by molar-refractivity contribution is 0.0603. The van der Waals surface area contributed by atoms with Crippen molar-refractivity contribution in [2.75, 3.05) is 19.5 Å². The minimum absolute atomic E-state index is 0.319. The zero-order valence-corrected chi connectivity index (χ0v) is 17.0. The number of ether oxygens (including phenoxy) is 2. The van der Waals surface area contributed by atoms with Crippen LogP contribution < -0.4 is 10.1 Å². The Morgan fingerprint density at radius 3 is 2.36 bits per heavy atom. The summed E-state index contributed by atoms with van der Waals surface area (Å²) in [4.78, 5) is 26.2. The van der Waals surface area contributed by atoms with E-state index in [2.05, 4.69) is 5.32 Å². The average Bonchev–Trinajstić information content (AvgIpc) is 3.03. The van der Waals surface area contributed by atoms with Gasteiger partial charge in [0.05, 0.1) is 14.2 Å². The van der Waals surface area contributed by atoms with E-state index in [0.29, 0.717) is 21.9 Å². The van der Waals surface area contributed by atoms with E-state index < -0.39 is 5.97 Å². The third-order valence-corrected chi connectivity index (χ3v) is 5.39. The number of hydrogen-bond donors (Lipinski definition) is 1. The Labute approximate surface area is 167 Å². The highest BCUT2D eigenvalue weighted by atomic mass is 32.1. The number of rotatable bonds is 5. The summed E-state index contributed by atoms with van der Waals surface area (Å²) in [6, 6.07) is 14.7. The molecule has 0 aliphatic rings. The van der Waals surface area contributed by atoms with Gasteiger partial charge in [-0.15, -0.1) is 11.3 Å². The Balaban J connectivity index is 2.03. The molecule has 1 N–H and O–H groups in total. The number of aryl methyl sites for hydroxylation is 2. The van der Waals surface area contributed by atoms with Crippen molar-refractivity contribution in [2.24, 2.45) is 0 Å². The molecule has 1 amide bonds. The van der Waals surface area contributed by atoms with Crippen LogP contribution in [-0.2, 0) is 4.74 Å². The van der Waals surface area contributed by atoms with Crippen molar-refractivity contribution in [2.45, 2.75) is 13.8 Å². The monoisotopic (exact) mass is 395 g/mol. The maximum atomic E-state index is 12.7. The second-order valence-electron chi connectivity index (χ2n) is 6.28. The van der Waals surface area contributed by atoms with Crippen LogP contribution in [0.3, 0.4) is 0 Å². The van der Waals surface area contributed by atoms with Crippen LogP contribution in [0.1, 0.15) is 31.2 Å². The van der Waals surface area contributed by atoms with Gasteiger partial charge >= 0.3 is 5.97 Å². The van der Waals surface area contributed by atoms with Gasteiger partial charge in [-0.25, -0.2) is 4.79 Å². The smallest absolute Gasteiger partial charge is 0.341 e. The van der Waals surface area contributed by atoms with E-state index in [1.165, 1.54) is 18.4 Å². The molecule has 6 heteroatoms. The third-order valence-electron chi connectivity index (χ3n) is 4.37. The van der Waals surface area contributed by atoms with Crippen molar-refractivity contribution in [3.8, 4) is 16.9 Å². The van der Waals surface area contributed by atoms with Gasteiger partial charge in [-0.2, -0.15) is 0 Å². The minimum Gasteiger partial charge on any atom is -0.497 e. The maximum Gasteiger partial charge on any atom is 0.341 e. The van der Waals surface area contributed by atoms with Crippen LogP contribution in [-0.4, -0.2) is 26.1 Å². The summed E-state index contributed by atoms with van der Waals surface area (Å²) in [5.74, 6) is -0.217. The van der Waals surface area contributed by atoms with Gasteiger partial charge in [-0.3, -0.25) is 4.79 Å². The van der Waals surface area contributed by atoms with Crippen molar-refractivity contribution in [3.63, 3.8) is 0 Å². The van der Waals surface area contributed by atoms with Gasteiger partial charge in [0.15, 0.2) is 0 Å². The quantitative estimate of drug-likeness (QED) is 0.612. The molecule has 0 saturated heterocycles. The highest BCUT2D eigenvalue weighted by Gasteiger charge is 2.25. The van der Waals surface area contributed by atoms with Crippen molar-refractivity contribution in [1.29, 1.82) is 0 Å². The number of benzene rings is 2. The summed E-state index contributed by atoms with van der Waals surface area (Å²) < 4.78 is 10.2. The molecule has 0 radical (unpaired) electrons. The number of methoxy groups -OCH3 is 2. The molecule has 5 nitrogen and oxygen atoms in total. The number of amides is 1. The Bertz CT molecular complexity index is 1020. The fourth-order valence-corrected chi connectivity index (χ4v) is 4.00. The first-order valence-corrected chi connectivity index (χ1v) is 9.50. The molecule has 28 heavy (non-hydrogen) atoms. The van der Waals surface area contributed by atoms with Crippen LogP contribution in [0.2, 0.25) is 0 Å². The number of thiophene rings is 1. The van der Waals surface area contributed by atoms with Crippen molar-refractivity contribution in [3.05, 3.63) is 70.1 Å². The summed E-state index contributed by atoms with van der Waals surface area (Å²) in [6.07, 6.45) is 0. The van der Waals surface area contributed by atoms with E-state index >= 15 is 0 Å². The zero-order chi connectivity index (χ0) is 20.3. The van der Waals surface area contributed by atoms with Gasteiger partial charge < -0.3 is 14.8 Å². The van der Waals surface area contributed by atoms with Gasteiger partial charge in [-0.05, 0) is 37.6 Å². The molecular formula is C22H21NO4S. The maximum absolute atomic E-state index is 12.7. The molecule has 0 bridgehead atoms. The molecule has 0 atom stereocenters. The number of nitrogens with one attached hydrogen (secondary N) is 1. The standard InChI is InChI=1S/C22H21NO4S/c1-13-8-10-15(11-9-13)18-14(2)28-21(19(18)22(25)27-4)23-20(24)16-6-5-7-17(12-16)26-3/h5-12H,1-4H3,(H,23,24). The SMILES string of the molecule is COC(=O)c1c(NC(=O)c2cccc(OC)c2)sc(C)c1-c1ccc(C)cc1. The molecule has 2 aromatic carbocycles. The van der Waals surface area contributed by atoms with Crippen LogP contribution in [0.5, 0.6) is 5.75 Å². The Kier molecular flexibility index (Phi) is 5.80. The van der Waals surface area contributed by atoms with Gasteiger partial charge in [-0.1, -0.05) is 35.9 Å². The van der Waals surface area contributed by atoms with Gasteiger partial charge in [0, 0.05) is 16.0 Å². The summed E-state index contributed by atoms with van der Waals surface area (Å²) in [5.41, 5.74) is 3.62. The van der Waals surface area contributed by atoms with E-state index in [-0.39, 0.29) is 5.91 Å². The molecule has 0 spiro atoms. The molecule has 0 saturated carbocycles. The van der Waals surface area contributed by atoms with Crippen molar-refractivity contribution < 1.29 is 19.1 Å². The third kappa shape index (κ3) is 3.92. The molecule has 1 aromatic heterocycles. The zero-order valence-electron chi connectivity index (χ0n) is 16.2. The molecule has 0 unspecified atom stereocenters. The summed E-state index contributed by atoms with van der Waals surface area (Å²) in [5, 5.41) is 3.32. The van der Waals surface area contributed by atoms with Crippen LogP contribution in [0.25, 0.3) is 11.1 Å². The fraction of sp³-hybridized carbons (Fsp3) is 0.182. The second-order valence-corrected chi connectivity index (χ2v) is 7.51. The van der Waals surface area contributed by atoms with E-state index in [1.54, 1.807) is 31.4 Å². The first kappa shape index (κ1) is 19.6. The Morgan fingerprint density at radius 2 is 1.71 bits per heavy atom. The predicted molar refractivity (Wildman–Crippen MR) is 112 cm³/mol. The predicted octanol–water partition coefficient (Wildman–Crippen LogP) is 5.08. The van der Waals surface area contributed by atoms with Gasteiger partial charge in [0.2, 0.25) is 0 Å². The van der Waals surface area contributed by atoms with E-state index in [4.69, 9.17) is 9.47 Å². The highest BCUT2D eigenvalue weighted by Crippen LogP contribution is 2.40. The molecule has 144 valence electrons. The lowest BCUT2D eigenvalue weighted by atomic mass is 10.0. The topological polar surface area (TPSA) is 64.6 Å². The van der Waals surface area contributed by atoms with Crippen LogP contribution in [0.15, 0.2) is 48.5 Å². The molecule has 1 heterocycles. The molecule has 3 aromatic rings. The fourth-order valence-electron chi connectivity index (χ4n) is 2.94. The van der Waals surface area contributed by atoms with Crippen molar-refractivity contribution >= 4 is 28.2 Å². The first-order chi connectivity index (χ1) is 13.4. The first-order valence-electron chi connectivity index (χ1n) is 8.68. The average molecular weight is 395 g/mol. The lowest BCUT2D eigenvalue weighted by Gasteiger charge is -2.09. The van der Waals surface area contributed by atoms with Crippen LogP contribution in [0, 0.1) is 13.8 Å². The van der Waals surface area contributed by atoms with Crippen LogP contribution in [0.4, 0.5) is 5.00 Å². The van der Waals surface area contributed by atoms with Gasteiger partial charge in [0.1, 0.15) is 16.3 Å². The van der Waals surface area contributed by atoms with E-state index in [9.17, 15) is 9.59 Å². The van der Waals surface area contributed by atoms with Gasteiger partial charge in [0.25, 0.3) is 5.91 Å². The summed E-state index contributed by atoms with van der Waals surface area (Å²) >= 11 is 1.35. The molecule has 0 aliphatic carbocycles. The molecule has 0 fully saturated rings. The second kappa shape index (κ2) is 8.27. The van der Waals surface area contributed by atoms with Crippen molar-refractivity contribution in [1.82, 2.24) is 0 Å². The van der Waals surface area contributed by atoms with E-state index in [0.717, 1.165) is 21.6 Å². The normalized spacial score (nSPS) is 10.4. The highest BCUT2D eigenvalue weighted by molar-refractivity contribution is 7.17. The molecule has 0 aliphatic heterocycles. The number of esters is 1. The lowest BCUT2D eigenvalue weighted by Crippen LogP contribution is -2.14. The molecular weight excluding hydrogens is 374 g/mol.